The molecule has 3 aromatic rings. The first kappa shape index (κ1) is 12.4. The minimum atomic E-state index is 0.301. The Morgan fingerprint density at radius 2 is 2.20 bits per heavy atom. The van der Waals surface area contributed by atoms with Gasteiger partial charge in [-0.15, -0.1) is 0 Å². The largest absolute Gasteiger partial charge is 0.484 e. The van der Waals surface area contributed by atoms with Crippen LogP contribution < -0.4 is 4.74 Å². The van der Waals surface area contributed by atoms with Gasteiger partial charge in [-0.05, 0) is 26.0 Å². The number of oxazole rings is 1. The number of aromatic nitrogens is 4. The topological polar surface area (TPSA) is 66.0 Å². The number of ether oxygens (including phenoxy) is 1. The maximum absolute atomic E-state index is 5.68. The van der Waals surface area contributed by atoms with Gasteiger partial charge in [0.1, 0.15) is 24.2 Å². The summed E-state index contributed by atoms with van der Waals surface area (Å²) in [6, 6.07) is 7.60. The van der Waals surface area contributed by atoms with Gasteiger partial charge in [0.2, 0.25) is 5.89 Å². The molecule has 0 aliphatic carbocycles. The summed E-state index contributed by atoms with van der Waals surface area (Å²) in [5.74, 6) is 2.12. The standard InChI is InChI=1S/C14H14N4O2/c1-10-11(2)20-14(17-10)7-19-13-5-3-4-12(6-13)18-9-15-8-16-18/h3-6,8-9H,7H2,1-2H3. The molecule has 0 aliphatic heterocycles. The van der Waals surface area contributed by atoms with E-state index in [1.807, 2.05) is 38.1 Å². The number of benzene rings is 1. The summed E-state index contributed by atoms with van der Waals surface area (Å²) in [5, 5.41) is 4.08. The summed E-state index contributed by atoms with van der Waals surface area (Å²) in [6.07, 6.45) is 3.13. The van der Waals surface area contributed by atoms with Crippen molar-refractivity contribution in [3.05, 3.63) is 54.3 Å². The monoisotopic (exact) mass is 270 g/mol. The summed E-state index contributed by atoms with van der Waals surface area (Å²) in [5.41, 5.74) is 1.78. The first-order chi connectivity index (χ1) is 9.72. The van der Waals surface area contributed by atoms with Crippen molar-refractivity contribution in [1.82, 2.24) is 19.7 Å². The van der Waals surface area contributed by atoms with E-state index in [9.17, 15) is 0 Å². The Bertz CT molecular complexity index is 684. The Balaban J connectivity index is 1.73. The second-order valence-electron chi connectivity index (χ2n) is 4.38. The van der Waals surface area contributed by atoms with Crippen LogP contribution in [0, 0.1) is 13.8 Å². The first-order valence-corrected chi connectivity index (χ1v) is 6.23. The van der Waals surface area contributed by atoms with Crippen LogP contribution in [-0.2, 0) is 6.61 Å². The van der Waals surface area contributed by atoms with Crippen molar-refractivity contribution in [3.8, 4) is 11.4 Å². The lowest BCUT2D eigenvalue weighted by atomic mass is 10.3. The third-order valence-electron chi connectivity index (χ3n) is 2.94. The molecule has 1 aromatic carbocycles. The highest BCUT2D eigenvalue weighted by molar-refractivity contribution is 5.38. The van der Waals surface area contributed by atoms with Gasteiger partial charge in [0.25, 0.3) is 0 Å². The van der Waals surface area contributed by atoms with Crippen molar-refractivity contribution < 1.29 is 9.15 Å². The smallest absolute Gasteiger partial charge is 0.232 e. The molecule has 0 spiro atoms. The van der Waals surface area contributed by atoms with E-state index in [4.69, 9.17) is 9.15 Å². The SMILES string of the molecule is Cc1nc(COc2cccc(-n3cncn3)c2)oc1C. The van der Waals surface area contributed by atoms with E-state index in [1.165, 1.54) is 6.33 Å². The molecule has 2 heterocycles. The van der Waals surface area contributed by atoms with E-state index in [-0.39, 0.29) is 0 Å². The summed E-state index contributed by atoms with van der Waals surface area (Å²) in [4.78, 5) is 8.20. The molecule has 0 atom stereocenters. The third-order valence-corrected chi connectivity index (χ3v) is 2.94. The van der Waals surface area contributed by atoms with Gasteiger partial charge < -0.3 is 9.15 Å². The predicted molar refractivity (Wildman–Crippen MR) is 71.7 cm³/mol. The Labute approximate surface area is 116 Å². The van der Waals surface area contributed by atoms with Crippen molar-refractivity contribution >= 4 is 0 Å². The average Bonchev–Trinajstić information content (AvgIpc) is 3.08. The normalized spacial score (nSPS) is 10.7. The third kappa shape index (κ3) is 2.54. The van der Waals surface area contributed by atoms with Gasteiger partial charge in [-0.3, -0.25) is 0 Å². The molecular formula is C14H14N4O2. The van der Waals surface area contributed by atoms with Crippen molar-refractivity contribution in [2.24, 2.45) is 0 Å². The van der Waals surface area contributed by atoms with Crippen molar-refractivity contribution in [2.75, 3.05) is 0 Å². The Kier molecular flexibility index (Phi) is 3.20. The fraction of sp³-hybridized carbons (Fsp3) is 0.214. The van der Waals surface area contributed by atoms with Crippen LogP contribution in [0.1, 0.15) is 17.3 Å². The van der Waals surface area contributed by atoms with Crippen LogP contribution in [0.5, 0.6) is 5.75 Å². The van der Waals surface area contributed by atoms with E-state index in [0.29, 0.717) is 12.5 Å². The molecule has 0 radical (unpaired) electrons. The molecule has 0 amide bonds. The lowest BCUT2D eigenvalue weighted by molar-refractivity contribution is 0.260. The quantitative estimate of drug-likeness (QED) is 0.728. The lowest BCUT2D eigenvalue weighted by Gasteiger charge is -2.06. The lowest BCUT2D eigenvalue weighted by Crippen LogP contribution is -1.98. The predicted octanol–water partition coefficient (Wildman–Crippen LogP) is 2.45. The molecule has 102 valence electrons. The van der Waals surface area contributed by atoms with Gasteiger partial charge in [-0.2, -0.15) is 5.10 Å². The highest BCUT2D eigenvalue weighted by Crippen LogP contribution is 2.18. The van der Waals surface area contributed by atoms with Crippen LogP contribution in [0.4, 0.5) is 0 Å². The number of aryl methyl sites for hydroxylation is 2. The molecule has 0 bridgehead atoms. The summed E-state index contributed by atoms with van der Waals surface area (Å²) >= 11 is 0. The summed E-state index contributed by atoms with van der Waals surface area (Å²) in [6.45, 7) is 4.10. The molecule has 0 unspecified atom stereocenters. The van der Waals surface area contributed by atoms with Gasteiger partial charge in [-0.25, -0.2) is 14.6 Å². The molecule has 0 saturated heterocycles. The molecule has 6 nitrogen and oxygen atoms in total. The Hall–Kier alpha value is -2.63. The van der Waals surface area contributed by atoms with Crippen LogP contribution >= 0.6 is 0 Å². The fourth-order valence-corrected chi connectivity index (χ4v) is 1.80. The first-order valence-electron chi connectivity index (χ1n) is 6.23. The van der Waals surface area contributed by atoms with Gasteiger partial charge in [0, 0.05) is 6.07 Å². The second-order valence-corrected chi connectivity index (χ2v) is 4.38. The molecule has 3 rings (SSSR count). The van der Waals surface area contributed by atoms with E-state index in [1.54, 1.807) is 11.0 Å². The van der Waals surface area contributed by atoms with E-state index in [0.717, 1.165) is 22.9 Å². The molecular weight excluding hydrogens is 256 g/mol. The minimum absolute atomic E-state index is 0.301. The Morgan fingerprint density at radius 3 is 2.90 bits per heavy atom. The van der Waals surface area contributed by atoms with E-state index < -0.39 is 0 Å². The average molecular weight is 270 g/mol. The zero-order valence-electron chi connectivity index (χ0n) is 11.3. The summed E-state index contributed by atoms with van der Waals surface area (Å²) < 4.78 is 12.8. The molecule has 6 heteroatoms. The maximum Gasteiger partial charge on any atom is 0.232 e. The van der Waals surface area contributed by atoms with E-state index in [2.05, 4.69) is 15.1 Å². The zero-order chi connectivity index (χ0) is 13.9. The molecule has 20 heavy (non-hydrogen) atoms. The summed E-state index contributed by atoms with van der Waals surface area (Å²) in [7, 11) is 0. The van der Waals surface area contributed by atoms with Gasteiger partial charge >= 0.3 is 0 Å². The molecule has 0 aliphatic rings. The number of rotatable bonds is 4. The number of nitrogens with zero attached hydrogens (tertiary/aromatic N) is 4. The molecule has 0 saturated carbocycles. The van der Waals surface area contributed by atoms with Gasteiger partial charge in [0.15, 0.2) is 6.61 Å². The highest BCUT2D eigenvalue weighted by Gasteiger charge is 2.06. The molecule has 2 aromatic heterocycles. The zero-order valence-corrected chi connectivity index (χ0v) is 11.3. The Morgan fingerprint density at radius 1 is 1.30 bits per heavy atom. The van der Waals surface area contributed by atoms with Crippen molar-refractivity contribution in [1.29, 1.82) is 0 Å². The van der Waals surface area contributed by atoms with Crippen LogP contribution in [0.25, 0.3) is 5.69 Å². The van der Waals surface area contributed by atoms with Gasteiger partial charge in [0.05, 0.1) is 11.4 Å². The maximum atomic E-state index is 5.68. The van der Waals surface area contributed by atoms with Crippen LogP contribution in [0.15, 0.2) is 41.3 Å². The number of hydrogen-bond acceptors (Lipinski definition) is 5. The minimum Gasteiger partial charge on any atom is -0.484 e. The highest BCUT2D eigenvalue weighted by atomic mass is 16.5. The molecule has 0 N–H and O–H groups in total. The van der Waals surface area contributed by atoms with E-state index >= 15 is 0 Å². The second kappa shape index (κ2) is 5.16. The molecule has 0 fully saturated rings. The van der Waals surface area contributed by atoms with Crippen LogP contribution in [-0.4, -0.2) is 19.7 Å². The van der Waals surface area contributed by atoms with Crippen LogP contribution in [0.3, 0.4) is 0 Å². The van der Waals surface area contributed by atoms with Crippen molar-refractivity contribution in [3.63, 3.8) is 0 Å². The van der Waals surface area contributed by atoms with Gasteiger partial charge in [-0.1, -0.05) is 6.07 Å². The number of hydrogen-bond donors (Lipinski definition) is 0. The fourth-order valence-electron chi connectivity index (χ4n) is 1.80. The van der Waals surface area contributed by atoms with Crippen molar-refractivity contribution in [2.45, 2.75) is 20.5 Å². The van der Waals surface area contributed by atoms with Crippen LogP contribution in [0.2, 0.25) is 0 Å².